The van der Waals surface area contributed by atoms with Crippen molar-refractivity contribution >= 4 is 10.0 Å². The molecule has 3 aromatic rings. The molecule has 1 N–H and O–H groups in total. The fourth-order valence-corrected chi connectivity index (χ4v) is 3.34. The zero-order valence-corrected chi connectivity index (χ0v) is 14.9. The molecule has 0 aliphatic heterocycles. The molecule has 0 saturated heterocycles. The predicted octanol–water partition coefficient (Wildman–Crippen LogP) is 2.97. The molecule has 0 aliphatic rings. The second-order valence-electron chi connectivity index (χ2n) is 5.93. The van der Waals surface area contributed by atoms with Gasteiger partial charge in [0.1, 0.15) is 0 Å². The van der Waals surface area contributed by atoms with E-state index in [9.17, 15) is 8.42 Å². The molecule has 0 bridgehead atoms. The number of aromatic nitrogens is 2. The van der Waals surface area contributed by atoms with Gasteiger partial charge in [0, 0.05) is 5.56 Å². The second kappa shape index (κ2) is 7.16. The molecule has 7 heteroatoms. The molecule has 0 fully saturated rings. The lowest BCUT2D eigenvalue weighted by Crippen LogP contribution is -2.24. The summed E-state index contributed by atoms with van der Waals surface area (Å²) in [6.45, 7) is 3.91. The van der Waals surface area contributed by atoms with Crippen molar-refractivity contribution in [3.05, 3.63) is 71.1 Å². The van der Waals surface area contributed by atoms with Gasteiger partial charge < -0.3 is 4.42 Å². The van der Waals surface area contributed by atoms with Gasteiger partial charge in [0.25, 0.3) is 0 Å². The van der Waals surface area contributed by atoms with Crippen LogP contribution in [0.5, 0.6) is 0 Å². The van der Waals surface area contributed by atoms with E-state index < -0.39 is 10.0 Å². The summed E-state index contributed by atoms with van der Waals surface area (Å²) in [5, 5.41) is 7.85. The predicted molar refractivity (Wildman–Crippen MR) is 95.1 cm³/mol. The number of nitrogens with zero attached hydrogens (tertiary/aromatic N) is 2. The van der Waals surface area contributed by atoms with E-state index >= 15 is 0 Å². The minimum Gasteiger partial charge on any atom is -0.419 e. The van der Waals surface area contributed by atoms with Crippen molar-refractivity contribution in [3.8, 4) is 11.5 Å². The molecular weight excluding hydrogens is 338 g/mol. The van der Waals surface area contributed by atoms with Crippen molar-refractivity contribution in [1.29, 1.82) is 0 Å². The standard InChI is InChI=1S/C18H19N3O3S/c1-13-3-7-15(8-4-13)12-25(22,23)19-11-17-20-21-18(24-17)16-9-5-14(2)6-10-16/h3-10,19H,11-12H2,1-2H3. The van der Waals surface area contributed by atoms with Crippen LogP contribution in [0, 0.1) is 13.8 Å². The Morgan fingerprint density at radius 3 is 2.16 bits per heavy atom. The van der Waals surface area contributed by atoms with E-state index in [1.807, 2.05) is 50.2 Å². The van der Waals surface area contributed by atoms with Crippen molar-refractivity contribution in [2.45, 2.75) is 26.1 Å². The van der Waals surface area contributed by atoms with Gasteiger partial charge in [-0.05, 0) is 31.5 Å². The summed E-state index contributed by atoms with van der Waals surface area (Å²) in [4.78, 5) is 0. The molecule has 0 saturated carbocycles. The summed E-state index contributed by atoms with van der Waals surface area (Å²) in [6.07, 6.45) is 0. The molecule has 0 amide bonds. The minimum atomic E-state index is -3.48. The molecule has 0 spiro atoms. The number of benzene rings is 2. The van der Waals surface area contributed by atoms with Crippen LogP contribution in [0.1, 0.15) is 22.6 Å². The Kier molecular flexibility index (Phi) is 4.96. The molecule has 1 aromatic heterocycles. The van der Waals surface area contributed by atoms with Crippen molar-refractivity contribution in [2.24, 2.45) is 0 Å². The zero-order chi connectivity index (χ0) is 17.9. The highest BCUT2D eigenvalue weighted by Crippen LogP contribution is 2.18. The van der Waals surface area contributed by atoms with Crippen LogP contribution in [0.4, 0.5) is 0 Å². The highest BCUT2D eigenvalue weighted by Gasteiger charge is 2.14. The Morgan fingerprint density at radius 1 is 0.920 bits per heavy atom. The smallest absolute Gasteiger partial charge is 0.247 e. The third-order valence-electron chi connectivity index (χ3n) is 3.69. The lowest BCUT2D eigenvalue weighted by atomic mass is 10.1. The first-order valence-electron chi connectivity index (χ1n) is 7.83. The fourth-order valence-electron chi connectivity index (χ4n) is 2.26. The number of hydrogen-bond acceptors (Lipinski definition) is 5. The van der Waals surface area contributed by atoms with Crippen LogP contribution >= 0.6 is 0 Å². The van der Waals surface area contributed by atoms with E-state index in [0.717, 1.165) is 22.3 Å². The topological polar surface area (TPSA) is 85.1 Å². The van der Waals surface area contributed by atoms with Crippen LogP contribution < -0.4 is 4.72 Å². The maximum absolute atomic E-state index is 12.2. The van der Waals surface area contributed by atoms with E-state index in [0.29, 0.717) is 5.89 Å². The van der Waals surface area contributed by atoms with Crippen LogP contribution in [-0.4, -0.2) is 18.6 Å². The number of hydrogen-bond donors (Lipinski definition) is 1. The first-order chi connectivity index (χ1) is 11.9. The zero-order valence-electron chi connectivity index (χ0n) is 14.1. The van der Waals surface area contributed by atoms with Crippen LogP contribution in [0.2, 0.25) is 0 Å². The highest BCUT2D eigenvalue weighted by atomic mass is 32.2. The van der Waals surface area contributed by atoms with Crippen LogP contribution in [0.15, 0.2) is 52.9 Å². The van der Waals surface area contributed by atoms with Crippen LogP contribution in [0.25, 0.3) is 11.5 Å². The molecule has 130 valence electrons. The van der Waals surface area contributed by atoms with Gasteiger partial charge in [-0.1, -0.05) is 47.5 Å². The molecule has 0 unspecified atom stereocenters. The average molecular weight is 357 g/mol. The number of aryl methyl sites for hydroxylation is 2. The Balaban J connectivity index is 1.63. The summed E-state index contributed by atoms with van der Waals surface area (Å²) in [5.41, 5.74) is 3.74. The molecular formula is C18H19N3O3S. The van der Waals surface area contributed by atoms with Gasteiger partial charge in [0.2, 0.25) is 21.8 Å². The number of rotatable bonds is 6. The molecule has 0 aliphatic carbocycles. The molecule has 3 rings (SSSR count). The SMILES string of the molecule is Cc1ccc(CS(=O)(=O)NCc2nnc(-c3ccc(C)cc3)o2)cc1. The van der Waals surface area contributed by atoms with E-state index in [2.05, 4.69) is 14.9 Å². The van der Waals surface area contributed by atoms with Crippen LogP contribution in [0.3, 0.4) is 0 Å². The maximum Gasteiger partial charge on any atom is 0.247 e. The summed E-state index contributed by atoms with van der Waals surface area (Å²) in [5.74, 6) is 0.502. The van der Waals surface area contributed by atoms with Gasteiger partial charge in [-0.15, -0.1) is 10.2 Å². The minimum absolute atomic E-state index is 0.0347. The first kappa shape index (κ1) is 17.3. The number of nitrogens with one attached hydrogen (secondary N) is 1. The second-order valence-corrected chi connectivity index (χ2v) is 7.74. The Hall–Kier alpha value is -2.51. The molecule has 0 atom stereocenters. The quantitative estimate of drug-likeness (QED) is 0.733. The van der Waals surface area contributed by atoms with Gasteiger partial charge >= 0.3 is 0 Å². The summed E-state index contributed by atoms with van der Waals surface area (Å²) < 4.78 is 32.4. The summed E-state index contributed by atoms with van der Waals surface area (Å²) in [7, 11) is -3.48. The summed E-state index contributed by atoms with van der Waals surface area (Å²) in [6, 6.07) is 15.0. The van der Waals surface area contributed by atoms with Crippen molar-refractivity contribution in [2.75, 3.05) is 0 Å². The number of sulfonamides is 1. The lowest BCUT2D eigenvalue weighted by Gasteiger charge is -2.05. The fraction of sp³-hybridized carbons (Fsp3) is 0.222. The van der Waals surface area contributed by atoms with Crippen LogP contribution in [-0.2, 0) is 22.3 Å². The molecule has 0 radical (unpaired) electrons. The molecule has 25 heavy (non-hydrogen) atoms. The van der Waals surface area contributed by atoms with Crippen molar-refractivity contribution in [3.63, 3.8) is 0 Å². The van der Waals surface area contributed by atoms with E-state index in [1.54, 1.807) is 12.1 Å². The summed E-state index contributed by atoms with van der Waals surface area (Å²) >= 11 is 0. The van der Waals surface area contributed by atoms with Gasteiger partial charge in [0.05, 0.1) is 12.3 Å². The normalized spacial score (nSPS) is 11.6. The maximum atomic E-state index is 12.2. The Bertz CT molecular complexity index is 946. The third kappa shape index (κ3) is 4.74. The molecule has 1 heterocycles. The van der Waals surface area contributed by atoms with Gasteiger partial charge in [-0.2, -0.15) is 0 Å². The Morgan fingerprint density at radius 2 is 1.52 bits per heavy atom. The Labute approximate surface area is 147 Å². The average Bonchev–Trinajstić information content (AvgIpc) is 3.05. The lowest BCUT2D eigenvalue weighted by molar-refractivity contribution is 0.494. The van der Waals surface area contributed by atoms with E-state index in [1.165, 1.54) is 0 Å². The third-order valence-corrected chi connectivity index (χ3v) is 4.98. The van der Waals surface area contributed by atoms with E-state index in [4.69, 9.17) is 4.42 Å². The van der Waals surface area contributed by atoms with Gasteiger partial charge in [-0.3, -0.25) is 0 Å². The van der Waals surface area contributed by atoms with Crippen molar-refractivity contribution < 1.29 is 12.8 Å². The van der Waals surface area contributed by atoms with Crippen molar-refractivity contribution in [1.82, 2.24) is 14.9 Å². The highest BCUT2D eigenvalue weighted by molar-refractivity contribution is 7.88. The van der Waals surface area contributed by atoms with Gasteiger partial charge in [-0.25, -0.2) is 13.1 Å². The molecule has 6 nitrogen and oxygen atoms in total. The molecule has 2 aromatic carbocycles. The monoisotopic (exact) mass is 357 g/mol. The van der Waals surface area contributed by atoms with E-state index in [-0.39, 0.29) is 18.2 Å². The largest absolute Gasteiger partial charge is 0.419 e. The van der Waals surface area contributed by atoms with Gasteiger partial charge in [0.15, 0.2) is 0 Å². The first-order valence-corrected chi connectivity index (χ1v) is 9.49.